The van der Waals surface area contributed by atoms with E-state index in [2.05, 4.69) is 63.0 Å². The topological polar surface area (TPSA) is 24.5 Å². The SMILES string of the molecule is CCCN(CCOc1ccccc1CNC(C)C)C(C)C. The molecule has 120 valence electrons. The molecule has 0 aliphatic heterocycles. The molecule has 21 heavy (non-hydrogen) atoms. The van der Waals surface area contributed by atoms with Crippen molar-refractivity contribution < 1.29 is 4.74 Å². The lowest BCUT2D eigenvalue weighted by Gasteiger charge is -2.26. The largest absolute Gasteiger partial charge is 0.492 e. The molecule has 1 rings (SSSR count). The Balaban J connectivity index is 2.50. The summed E-state index contributed by atoms with van der Waals surface area (Å²) in [6.07, 6.45) is 1.19. The molecule has 0 bridgehead atoms. The molecule has 0 aromatic heterocycles. The average Bonchev–Trinajstić information content (AvgIpc) is 2.45. The maximum absolute atomic E-state index is 6.01. The van der Waals surface area contributed by atoms with E-state index in [4.69, 9.17) is 4.74 Å². The molecule has 0 aliphatic carbocycles. The normalized spacial score (nSPS) is 11.6. The van der Waals surface area contributed by atoms with Gasteiger partial charge in [0.15, 0.2) is 0 Å². The van der Waals surface area contributed by atoms with Crippen molar-refractivity contribution in [3.63, 3.8) is 0 Å². The monoisotopic (exact) mass is 292 g/mol. The summed E-state index contributed by atoms with van der Waals surface area (Å²) < 4.78 is 6.01. The summed E-state index contributed by atoms with van der Waals surface area (Å²) in [5.41, 5.74) is 1.23. The number of hydrogen-bond acceptors (Lipinski definition) is 3. The summed E-state index contributed by atoms with van der Waals surface area (Å²) in [6, 6.07) is 9.38. The quantitative estimate of drug-likeness (QED) is 0.712. The standard InChI is InChI=1S/C18H32N2O/c1-6-11-20(16(4)5)12-13-21-18-10-8-7-9-17(18)14-19-15(2)3/h7-10,15-16,19H,6,11-14H2,1-5H3. The van der Waals surface area contributed by atoms with Gasteiger partial charge < -0.3 is 10.1 Å². The van der Waals surface area contributed by atoms with Gasteiger partial charge in [0.2, 0.25) is 0 Å². The molecule has 0 saturated heterocycles. The molecular formula is C18H32N2O. The Morgan fingerprint density at radius 3 is 2.43 bits per heavy atom. The van der Waals surface area contributed by atoms with Crippen molar-refractivity contribution in [3.05, 3.63) is 29.8 Å². The first-order chi connectivity index (χ1) is 10.0. The molecular weight excluding hydrogens is 260 g/mol. The number of nitrogens with one attached hydrogen (secondary N) is 1. The van der Waals surface area contributed by atoms with E-state index in [1.165, 1.54) is 12.0 Å². The Hall–Kier alpha value is -1.06. The first kappa shape index (κ1) is 18.0. The molecule has 0 unspecified atom stereocenters. The van der Waals surface area contributed by atoms with Gasteiger partial charge in [0, 0.05) is 30.7 Å². The number of nitrogens with zero attached hydrogens (tertiary/aromatic N) is 1. The Morgan fingerprint density at radius 2 is 1.81 bits per heavy atom. The lowest BCUT2D eigenvalue weighted by molar-refractivity contribution is 0.175. The van der Waals surface area contributed by atoms with E-state index in [0.717, 1.165) is 32.0 Å². The predicted octanol–water partition coefficient (Wildman–Crippen LogP) is 3.68. The highest BCUT2D eigenvalue weighted by atomic mass is 16.5. The third-order valence-electron chi connectivity index (χ3n) is 3.55. The van der Waals surface area contributed by atoms with Crippen molar-refractivity contribution in [2.75, 3.05) is 19.7 Å². The van der Waals surface area contributed by atoms with Crippen molar-refractivity contribution in [2.45, 2.75) is 59.7 Å². The number of rotatable bonds is 10. The van der Waals surface area contributed by atoms with Crippen LogP contribution in [-0.4, -0.2) is 36.7 Å². The van der Waals surface area contributed by atoms with E-state index in [1.54, 1.807) is 0 Å². The molecule has 0 radical (unpaired) electrons. The summed E-state index contributed by atoms with van der Waals surface area (Å²) in [4.78, 5) is 2.47. The summed E-state index contributed by atoms with van der Waals surface area (Å²) >= 11 is 0. The zero-order chi connectivity index (χ0) is 15.7. The lowest BCUT2D eigenvalue weighted by Crippen LogP contribution is -2.35. The minimum atomic E-state index is 0.485. The van der Waals surface area contributed by atoms with Crippen LogP contribution in [0, 0.1) is 0 Å². The fraction of sp³-hybridized carbons (Fsp3) is 0.667. The molecule has 0 heterocycles. The van der Waals surface area contributed by atoms with Crippen LogP contribution in [0.3, 0.4) is 0 Å². The van der Waals surface area contributed by atoms with E-state index in [9.17, 15) is 0 Å². The summed E-state index contributed by atoms with van der Waals surface area (Å²) in [7, 11) is 0. The smallest absolute Gasteiger partial charge is 0.123 e. The van der Waals surface area contributed by atoms with Gasteiger partial charge in [-0.1, -0.05) is 39.0 Å². The van der Waals surface area contributed by atoms with Gasteiger partial charge in [0.05, 0.1) is 0 Å². The van der Waals surface area contributed by atoms with Crippen LogP contribution >= 0.6 is 0 Å². The summed E-state index contributed by atoms with van der Waals surface area (Å²) in [5.74, 6) is 1.01. The van der Waals surface area contributed by atoms with Gasteiger partial charge in [-0.15, -0.1) is 0 Å². The van der Waals surface area contributed by atoms with Gasteiger partial charge in [0.25, 0.3) is 0 Å². The van der Waals surface area contributed by atoms with E-state index < -0.39 is 0 Å². The number of benzene rings is 1. The molecule has 0 amide bonds. The number of hydrogen-bond donors (Lipinski definition) is 1. The molecule has 1 aromatic carbocycles. The van der Waals surface area contributed by atoms with Crippen LogP contribution in [0.5, 0.6) is 5.75 Å². The van der Waals surface area contributed by atoms with Crippen molar-refractivity contribution in [3.8, 4) is 5.75 Å². The number of para-hydroxylation sites is 1. The third-order valence-corrected chi connectivity index (χ3v) is 3.55. The van der Waals surface area contributed by atoms with E-state index in [1.807, 2.05) is 6.07 Å². The molecule has 3 heteroatoms. The van der Waals surface area contributed by atoms with Crippen LogP contribution in [0.15, 0.2) is 24.3 Å². The van der Waals surface area contributed by atoms with E-state index in [-0.39, 0.29) is 0 Å². The Morgan fingerprint density at radius 1 is 1.10 bits per heavy atom. The molecule has 0 spiro atoms. The third kappa shape index (κ3) is 6.96. The fourth-order valence-corrected chi connectivity index (χ4v) is 2.29. The Labute approximate surface area is 130 Å². The van der Waals surface area contributed by atoms with Crippen LogP contribution in [0.25, 0.3) is 0 Å². The van der Waals surface area contributed by atoms with Gasteiger partial charge in [-0.3, -0.25) is 4.90 Å². The van der Waals surface area contributed by atoms with Crippen molar-refractivity contribution in [1.29, 1.82) is 0 Å². The molecule has 1 aromatic rings. The van der Waals surface area contributed by atoms with Crippen molar-refractivity contribution in [2.24, 2.45) is 0 Å². The molecule has 0 atom stereocenters. The van der Waals surface area contributed by atoms with Gasteiger partial charge in [0.1, 0.15) is 12.4 Å². The van der Waals surface area contributed by atoms with E-state index in [0.29, 0.717) is 12.1 Å². The van der Waals surface area contributed by atoms with Crippen LogP contribution < -0.4 is 10.1 Å². The Kier molecular flexibility index (Phi) is 8.40. The Bertz CT molecular complexity index is 391. The van der Waals surface area contributed by atoms with Crippen LogP contribution in [0.2, 0.25) is 0 Å². The second-order valence-corrected chi connectivity index (χ2v) is 6.12. The molecule has 0 saturated carbocycles. The van der Waals surface area contributed by atoms with Gasteiger partial charge in [-0.25, -0.2) is 0 Å². The molecule has 0 aliphatic rings. The number of ether oxygens (including phenoxy) is 1. The first-order valence-electron chi connectivity index (χ1n) is 8.22. The highest BCUT2D eigenvalue weighted by Crippen LogP contribution is 2.18. The molecule has 1 N–H and O–H groups in total. The highest BCUT2D eigenvalue weighted by molar-refractivity contribution is 5.33. The maximum Gasteiger partial charge on any atom is 0.123 e. The van der Waals surface area contributed by atoms with Gasteiger partial charge >= 0.3 is 0 Å². The summed E-state index contributed by atoms with van der Waals surface area (Å²) in [5, 5.41) is 3.45. The van der Waals surface area contributed by atoms with Crippen molar-refractivity contribution in [1.82, 2.24) is 10.2 Å². The van der Waals surface area contributed by atoms with Crippen LogP contribution in [0.4, 0.5) is 0 Å². The second kappa shape index (κ2) is 9.80. The summed E-state index contributed by atoms with van der Waals surface area (Å²) in [6.45, 7) is 14.8. The van der Waals surface area contributed by atoms with Crippen LogP contribution in [0.1, 0.15) is 46.6 Å². The molecule has 0 fully saturated rings. The minimum Gasteiger partial charge on any atom is -0.492 e. The minimum absolute atomic E-state index is 0.485. The molecule has 3 nitrogen and oxygen atoms in total. The zero-order valence-electron chi connectivity index (χ0n) is 14.4. The predicted molar refractivity (Wildman–Crippen MR) is 90.9 cm³/mol. The fourth-order valence-electron chi connectivity index (χ4n) is 2.29. The maximum atomic E-state index is 6.01. The lowest BCUT2D eigenvalue weighted by atomic mass is 10.2. The second-order valence-electron chi connectivity index (χ2n) is 6.12. The highest BCUT2D eigenvalue weighted by Gasteiger charge is 2.09. The average molecular weight is 292 g/mol. The first-order valence-corrected chi connectivity index (χ1v) is 8.22. The van der Waals surface area contributed by atoms with Gasteiger partial charge in [-0.05, 0) is 32.9 Å². The van der Waals surface area contributed by atoms with E-state index >= 15 is 0 Å². The van der Waals surface area contributed by atoms with Crippen LogP contribution in [-0.2, 0) is 6.54 Å². The van der Waals surface area contributed by atoms with Gasteiger partial charge in [-0.2, -0.15) is 0 Å². The zero-order valence-corrected chi connectivity index (χ0v) is 14.4. The van der Waals surface area contributed by atoms with Crippen molar-refractivity contribution >= 4 is 0 Å².